The molecule has 0 aliphatic heterocycles. The third kappa shape index (κ3) is 6.05. The van der Waals surface area contributed by atoms with Gasteiger partial charge in [-0.1, -0.05) is 11.6 Å². The first-order valence-electron chi connectivity index (χ1n) is 8.30. The molecule has 0 unspecified atom stereocenters. The van der Waals surface area contributed by atoms with Crippen molar-refractivity contribution in [1.82, 2.24) is 0 Å². The second-order valence-corrected chi connectivity index (χ2v) is 6.71. The fourth-order valence-corrected chi connectivity index (χ4v) is 2.15. The lowest BCUT2D eigenvalue weighted by Gasteiger charge is -2.21. The van der Waals surface area contributed by atoms with E-state index >= 15 is 0 Å². The summed E-state index contributed by atoms with van der Waals surface area (Å²) < 4.78 is 57.7. The van der Waals surface area contributed by atoms with Crippen molar-refractivity contribution in [3.05, 3.63) is 33.8 Å². The summed E-state index contributed by atoms with van der Waals surface area (Å²) in [5, 5.41) is 0.781. The van der Waals surface area contributed by atoms with Gasteiger partial charge in [-0.05, 0) is 34.6 Å². The maximum absolute atomic E-state index is 14.6. The molecule has 1 aromatic carbocycles. The molecular formula is C18H21ClF3NO5. The standard InChI is InChI=1S/C18H21ClF3NO5/c1-6-26-10(16(24)27-7-2)8-9-12(20)11(19)13(21)14(22)15(9)23-17(25)28-18(3,4)5/h8H,6-7H2,1-5H3,(H,23,25). The van der Waals surface area contributed by atoms with Crippen LogP contribution in [0.5, 0.6) is 0 Å². The number of nitrogens with one attached hydrogen (secondary N) is 1. The summed E-state index contributed by atoms with van der Waals surface area (Å²) in [4.78, 5) is 23.9. The zero-order valence-electron chi connectivity index (χ0n) is 16.0. The first-order chi connectivity index (χ1) is 12.9. The van der Waals surface area contributed by atoms with Crippen LogP contribution in [0.4, 0.5) is 23.7 Å². The molecule has 0 saturated carbocycles. The van der Waals surface area contributed by atoms with E-state index in [4.69, 9.17) is 25.8 Å². The number of hydrogen-bond acceptors (Lipinski definition) is 5. The molecule has 0 radical (unpaired) electrons. The van der Waals surface area contributed by atoms with Gasteiger partial charge < -0.3 is 14.2 Å². The van der Waals surface area contributed by atoms with E-state index in [2.05, 4.69) is 0 Å². The monoisotopic (exact) mass is 423 g/mol. The van der Waals surface area contributed by atoms with Gasteiger partial charge in [-0.3, -0.25) is 5.32 Å². The highest BCUT2D eigenvalue weighted by molar-refractivity contribution is 6.31. The molecule has 10 heteroatoms. The van der Waals surface area contributed by atoms with Crippen LogP contribution in [-0.2, 0) is 19.0 Å². The van der Waals surface area contributed by atoms with Gasteiger partial charge in [-0.15, -0.1) is 0 Å². The van der Waals surface area contributed by atoms with E-state index in [-0.39, 0.29) is 13.2 Å². The maximum Gasteiger partial charge on any atom is 0.412 e. The number of anilines is 1. The number of benzene rings is 1. The number of ether oxygens (including phenoxy) is 3. The molecule has 28 heavy (non-hydrogen) atoms. The number of hydrogen-bond donors (Lipinski definition) is 1. The van der Waals surface area contributed by atoms with Crippen LogP contribution in [0.1, 0.15) is 40.2 Å². The van der Waals surface area contributed by atoms with Crippen molar-refractivity contribution >= 4 is 35.4 Å². The minimum absolute atomic E-state index is 0.00148. The molecule has 0 aliphatic rings. The molecular weight excluding hydrogens is 403 g/mol. The summed E-state index contributed by atoms with van der Waals surface area (Å²) in [5.74, 6) is -6.21. The molecule has 0 atom stereocenters. The summed E-state index contributed by atoms with van der Waals surface area (Å²) >= 11 is 5.48. The normalized spacial score (nSPS) is 11.8. The quantitative estimate of drug-likeness (QED) is 0.228. The van der Waals surface area contributed by atoms with Crippen LogP contribution < -0.4 is 5.32 Å². The number of carbonyl (C=O) groups is 2. The second kappa shape index (κ2) is 9.68. The predicted octanol–water partition coefficient (Wildman–Crippen LogP) is 5.04. The Hall–Kier alpha value is -2.42. The van der Waals surface area contributed by atoms with Gasteiger partial charge in [-0.2, -0.15) is 0 Å². The average Bonchev–Trinajstić information content (AvgIpc) is 2.58. The third-order valence-corrected chi connectivity index (χ3v) is 3.31. The van der Waals surface area contributed by atoms with Crippen LogP contribution in [0, 0.1) is 17.5 Å². The molecule has 0 heterocycles. The van der Waals surface area contributed by atoms with Gasteiger partial charge in [0.1, 0.15) is 10.6 Å². The van der Waals surface area contributed by atoms with Gasteiger partial charge in [0.25, 0.3) is 0 Å². The molecule has 0 aromatic heterocycles. The van der Waals surface area contributed by atoms with Crippen molar-refractivity contribution in [1.29, 1.82) is 0 Å². The van der Waals surface area contributed by atoms with Gasteiger partial charge in [0, 0.05) is 11.6 Å². The van der Waals surface area contributed by atoms with Crippen LogP contribution in [-0.4, -0.2) is 30.9 Å². The van der Waals surface area contributed by atoms with E-state index < -0.39 is 57.1 Å². The molecule has 0 aliphatic carbocycles. The number of halogens is 4. The summed E-state index contributed by atoms with van der Waals surface area (Å²) in [6, 6.07) is 0. The molecule has 1 aromatic rings. The second-order valence-electron chi connectivity index (χ2n) is 6.33. The lowest BCUT2D eigenvalue weighted by atomic mass is 10.1. The van der Waals surface area contributed by atoms with Crippen molar-refractivity contribution in [2.24, 2.45) is 0 Å². The lowest BCUT2D eigenvalue weighted by molar-refractivity contribution is -0.142. The maximum atomic E-state index is 14.6. The highest BCUT2D eigenvalue weighted by Crippen LogP contribution is 2.34. The number of rotatable bonds is 6. The Morgan fingerprint density at radius 1 is 1.04 bits per heavy atom. The molecule has 156 valence electrons. The molecule has 6 nitrogen and oxygen atoms in total. The van der Waals surface area contributed by atoms with Crippen LogP contribution in [0.3, 0.4) is 0 Å². The number of amides is 1. The van der Waals surface area contributed by atoms with Crippen LogP contribution >= 0.6 is 11.6 Å². The van der Waals surface area contributed by atoms with Crippen molar-refractivity contribution in [3.63, 3.8) is 0 Å². The van der Waals surface area contributed by atoms with Crippen molar-refractivity contribution in [2.45, 2.75) is 40.2 Å². The fourth-order valence-electron chi connectivity index (χ4n) is 1.96. The highest BCUT2D eigenvalue weighted by Gasteiger charge is 2.27. The van der Waals surface area contributed by atoms with E-state index in [1.54, 1.807) is 27.7 Å². The molecule has 1 amide bonds. The summed E-state index contributed by atoms with van der Waals surface area (Å²) in [6.45, 7) is 7.70. The fraction of sp³-hybridized carbons (Fsp3) is 0.444. The van der Waals surface area contributed by atoms with Crippen molar-refractivity contribution in [3.8, 4) is 0 Å². The molecule has 0 bridgehead atoms. The third-order valence-electron chi connectivity index (χ3n) is 2.98. The Bertz CT molecular complexity index is 791. The number of carbonyl (C=O) groups excluding carboxylic acids is 2. The smallest absolute Gasteiger partial charge is 0.412 e. The molecule has 1 N–H and O–H groups in total. The zero-order chi connectivity index (χ0) is 21.6. The van der Waals surface area contributed by atoms with Crippen LogP contribution in [0.25, 0.3) is 6.08 Å². The van der Waals surface area contributed by atoms with Crippen LogP contribution in [0.2, 0.25) is 5.02 Å². The van der Waals surface area contributed by atoms with Gasteiger partial charge in [0.2, 0.25) is 5.76 Å². The minimum Gasteiger partial charge on any atom is -0.487 e. The first-order valence-corrected chi connectivity index (χ1v) is 8.68. The summed E-state index contributed by atoms with van der Waals surface area (Å²) in [6.07, 6.45) is -0.408. The minimum atomic E-state index is -1.71. The molecule has 1 rings (SSSR count). The van der Waals surface area contributed by atoms with Crippen molar-refractivity contribution in [2.75, 3.05) is 18.5 Å². The van der Waals surface area contributed by atoms with Gasteiger partial charge in [0.05, 0.1) is 18.9 Å². The van der Waals surface area contributed by atoms with E-state index in [1.807, 2.05) is 5.32 Å². The number of esters is 1. The molecule has 0 spiro atoms. The van der Waals surface area contributed by atoms with Crippen molar-refractivity contribution < 1.29 is 37.0 Å². The lowest BCUT2D eigenvalue weighted by Crippen LogP contribution is -2.28. The topological polar surface area (TPSA) is 73.9 Å². The highest BCUT2D eigenvalue weighted by atomic mass is 35.5. The van der Waals surface area contributed by atoms with E-state index in [1.165, 1.54) is 6.92 Å². The Morgan fingerprint density at radius 3 is 2.11 bits per heavy atom. The Balaban J connectivity index is 3.56. The van der Waals surface area contributed by atoms with Crippen LogP contribution in [0.15, 0.2) is 5.76 Å². The van der Waals surface area contributed by atoms with E-state index in [0.717, 1.165) is 6.08 Å². The summed E-state index contributed by atoms with van der Waals surface area (Å²) in [5.41, 5.74) is -2.58. The zero-order valence-corrected chi connectivity index (χ0v) is 16.8. The Kier molecular flexibility index (Phi) is 8.16. The van der Waals surface area contributed by atoms with E-state index in [0.29, 0.717) is 0 Å². The SMILES string of the molecule is CCOC(=O)C(=Cc1c(F)c(Cl)c(F)c(F)c1NC(=O)OC(C)(C)C)OCC. The molecule has 0 saturated heterocycles. The van der Waals surface area contributed by atoms with Gasteiger partial charge in [0.15, 0.2) is 17.5 Å². The largest absolute Gasteiger partial charge is 0.487 e. The molecule has 0 fully saturated rings. The average molecular weight is 424 g/mol. The summed E-state index contributed by atoms with van der Waals surface area (Å²) in [7, 11) is 0. The van der Waals surface area contributed by atoms with E-state index in [9.17, 15) is 22.8 Å². The predicted molar refractivity (Wildman–Crippen MR) is 97.4 cm³/mol. The van der Waals surface area contributed by atoms with Gasteiger partial charge >= 0.3 is 12.1 Å². The Morgan fingerprint density at radius 2 is 1.61 bits per heavy atom. The Labute approximate surface area is 165 Å². The first kappa shape index (κ1) is 23.6. The van der Waals surface area contributed by atoms with Gasteiger partial charge in [-0.25, -0.2) is 22.8 Å².